The molecule has 0 saturated carbocycles. The molecule has 0 bridgehead atoms. The maximum atomic E-state index is 13.2. The number of methoxy groups -OCH3 is 2. The highest BCUT2D eigenvalue weighted by molar-refractivity contribution is 6.52. The molecule has 1 atom stereocenters. The molecule has 1 heterocycles. The molecule has 7 nitrogen and oxygen atoms in total. The van der Waals surface area contributed by atoms with Crippen molar-refractivity contribution in [2.24, 2.45) is 0 Å². The maximum Gasteiger partial charge on any atom is 0.300 e. The Bertz CT molecular complexity index is 1340. The van der Waals surface area contributed by atoms with E-state index in [1.807, 2.05) is 0 Å². The van der Waals surface area contributed by atoms with Gasteiger partial charge in [0.1, 0.15) is 23.0 Å². The first kappa shape index (κ1) is 23.5. The van der Waals surface area contributed by atoms with Crippen molar-refractivity contribution in [2.45, 2.75) is 6.04 Å². The molecule has 0 aliphatic carbocycles. The fraction of sp³-hybridized carbons (Fsp3) is 0.120. The largest absolute Gasteiger partial charge is 0.508 e. The quantitative estimate of drug-likeness (QED) is 0.279. The van der Waals surface area contributed by atoms with Gasteiger partial charge in [-0.15, -0.1) is 0 Å². The van der Waals surface area contributed by atoms with Gasteiger partial charge in [0.05, 0.1) is 35.9 Å². The van der Waals surface area contributed by atoms with Crippen LogP contribution in [0.4, 0.5) is 5.69 Å². The summed E-state index contributed by atoms with van der Waals surface area (Å²) >= 11 is 12.5. The summed E-state index contributed by atoms with van der Waals surface area (Å²) in [6, 6.07) is 14.2. The Labute approximate surface area is 205 Å². The summed E-state index contributed by atoms with van der Waals surface area (Å²) < 4.78 is 10.3. The van der Waals surface area contributed by atoms with Crippen LogP contribution < -0.4 is 14.4 Å². The molecule has 3 aromatic carbocycles. The maximum absolute atomic E-state index is 13.2. The van der Waals surface area contributed by atoms with Crippen LogP contribution in [0, 0.1) is 0 Å². The lowest BCUT2D eigenvalue weighted by atomic mass is 9.95. The van der Waals surface area contributed by atoms with Crippen molar-refractivity contribution in [1.29, 1.82) is 0 Å². The van der Waals surface area contributed by atoms with E-state index in [-0.39, 0.29) is 26.9 Å². The van der Waals surface area contributed by atoms with E-state index in [0.29, 0.717) is 22.7 Å². The number of phenols is 1. The van der Waals surface area contributed by atoms with E-state index in [1.165, 1.54) is 49.5 Å². The summed E-state index contributed by atoms with van der Waals surface area (Å²) in [6.07, 6.45) is 0. The molecule has 3 aromatic rings. The number of phenolic OH excluding ortho intramolecular Hbond substituents is 1. The summed E-state index contributed by atoms with van der Waals surface area (Å²) in [4.78, 5) is 27.6. The Kier molecular flexibility index (Phi) is 6.41. The lowest BCUT2D eigenvalue weighted by molar-refractivity contribution is -0.132. The van der Waals surface area contributed by atoms with Crippen molar-refractivity contribution in [3.8, 4) is 17.2 Å². The first-order chi connectivity index (χ1) is 16.3. The van der Waals surface area contributed by atoms with Gasteiger partial charge in [-0.1, -0.05) is 35.3 Å². The van der Waals surface area contributed by atoms with Crippen LogP contribution in [-0.4, -0.2) is 36.1 Å². The van der Waals surface area contributed by atoms with Crippen molar-refractivity contribution >= 4 is 46.3 Å². The van der Waals surface area contributed by atoms with Crippen molar-refractivity contribution in [1.82, 2.24) is 0 Å². The third kappa shape index (κ3) is 4.04. The zero-order valence-corrected chi connectivity index (χ0v) is 19.6. The van der Waals surface area contributed by atoms with Gasteiger partial charge >= 0.3 is 0 Å². The number of ether oxygens (including phenoxy) is 2. The predicted molar refractivity (Wildman–Crippen MR) is 129 cm³/mol. The van der Waals surface area contributed by atoms with E-state index in [4.69, 9.17) is 32.7 Å². The van der Waals surface area contributed by atoms with Gasteiger partial charge < -0.3 is 19.7 Å². The summed E-state index contributed by atoms with van der Waals surface area (Å²) in [5.41, 5.74) is 0.783. The highest BCUT2D eigenvalue weighted by Crippen LogP contribution is 2.44. The van der Waals surface area contributed by atoms with Crippen molar-refractivity contribution < 1.29 is 29.3 Å². The molecule has 0 aromatic heterocycles. The average molecular weight is 500 g/mol. The van der Waals surface area contributed by atoms with E-state index in [1.54, 1.807) is 30.3 Å². The molecule has 0 radical (unpaired) electrons. The van der Waals surface area contributed by atoms with Crippen LogP contribution in [0.2, 0.25) is 10.0 Å². The number of carbonyl (C=O) groups excluding carboxylic acids is 2. The molecule has 1 saturated heterocycles. The van der Waals surface area contributed by atoms with Crippen LogP contribution in [0.5, 0.6) is 17.2 Å². The number of ketones is 1. The fourth-order valence-corrected chi connectivity index (χ4v) is 4.39. The zero-order chi connectivity index (χ0) is 24.6. The Morgan fingerprint density at radius 2 is 1.56 bits per heavy atom. The van der Waals surface area contributed by atoms with Crippen molar-refractivity contribution in [2.75, 3.05) is 19.1 Å². The van der Waals surface area contributed by atoms with E-state index < -0.39 is 23.5 Å². The number of anilines is 1. The number of benzene rings is 3. The van der Waals surface area contributed by atoms with Gasteiger partial charge in [0.25, 0.3) is 11.7 Å². The summed E-state index contributed by atoms with van der Waals surface area (Å²) in [6.45, 7) is 0. The van der Waals surface area contributed by atoms with Gasteiger partial charge in [-0.05, 0) is 54.1 Å². The minimum Gasteiger partial charge on any atom is -0.508 e. The van der Waals surface area contributed by atoms with Crippen LogP contribution in [0.25, 0.3) is 5.76 Å². The molecular weight excluding hydrogens is 481 g/mol. The third-order valence-electron chi connectivity index (χ3n) is 5.47. The first-order valence-electron chi connectivity index (χ1n) is 10.0. The molecule has 1 aliphatic heterocycles. The number of Topliss-reactive ketones (excluding diaryl/α,β-unsaturated/α-hetero) is 1. The SMILES string of the molecule is COc1ccc(/C(O)=C2\C(=O)C(=O)N(c3ccc(OC)c(Cl)c3)C2c2cccc(O)c2)cc1Cl. The molecular formula is C25H19Cl2NO6. The number of aliphatic hydroxyl groups excluding tert-OH is 1. The number of nitrogens with zero attached hydrogens (tertiary/aromatic N) is 1. The topological polar surface area (TPSA) is 96.3 Å². The average Bonchev–Trinajstić information content (AvgIpc) is 3.09. The molecule has 34 heavy (non-hydrogen) atoms. The number of hydrogen-bond acceptors (Lipinski definition) is 6. The summed E-state index contributed by atoms with van der Waals surface area (Å²) in [7, 11) is 2.91. The Balaban J connectivity index is 1.94. The number of aromatic hydroxyl groups is 1. The van der Waals surface area contributed by atoms with E-state index in [2.05, 4.69) is 0 Å². The second kappa shape index (κ2) is 9.29. The van der Waals surface area contributed by atoms with Gasteiger partial charge in [-0.3, -0.25) is 14.5 Å². The second-order valence-electron chi connectivity index (χ2n) is 7.43. The Hall–Kier alpha value is -3.68. The third-order valence-corrected chi connectivity index (χ3v) is 6.06. The van der Waals surface area contributed by atoms with Crippen LogP contribution in [-0.2, 0) is 9.59 Å². The van der Waals surface area contributed by atoms with Gasteiger partial charge in [0.2, 0.25) is 0 Å². The highest BCUT2D eigenvalue weighted by Gasteiger charge is 2.47. The van der Waals surface area contributed by atoms with E-state index >= 15 is 0 Å². The number of aliphatic hydroxyl groups is 1. The first-order valence-corrected chi connectivity index (χ1v) is 10.8. The predicted octanol–water partition coefficient (Wildman–Crippen LogP) is 5.34. The molecule has 2 N–H and O–H groups in total. The molecule has 0 spiro atoms. The molecule has 1 unspecified atom stereocenters. The summed E-state index contributed by atoms with van der Waals surface area (Å²) in [5, 5.41) is 21.7. The molecule has 9 heteroatoms. The Morgan fingerprint density at radius 3 is 2.15 bits per heavy atom. The van der Waals surface area contributed by atoms with Crippen LogP contribution in [0.3, 0.4) is 0 Å². The lowest BCUT2D eigenvalue weighted by Gasteiger charge is -2.26. The Morgan fingerprint density at radius 1 is 0.912 bits per heavy atom. The van der Waals surface area contributed by atoms with Crippen molar-refractivity contribution in [3.63, 3.8) is 0 Å². The van der Waals surface area contributed by atoms with Gasteiger partial charge in [0.15, 0.2) is 0 Å². The smallest absolute Gasteiger partial charge is 0.300 e. The fourth-order valence-electron chi connectivity index (χ4n) is 3.88. The number of halogens is 2. The molecule has 1 amide bonds. The van der Waals surface area contributed by atoms with Gasteiger partial charge in [0, 0.05) is 11.3 Å². The lowest BCUT2D eigenvalue weighted by Crippen LogP contribution is -2.29. The molecule has 1 aliphatic rings. The number of hydrogen-bond donors (Lipinski definition) is 2. The summed E-state index contributed by atoms with van der Waals surface area (Å²) in [5.74, 6) is -1.47. The van der Waals surface area contributed by atoms with Crippen LogP contribution in [0.15, 0.2) is 66.2 Å². The molecule has 1 fully saturated rings. The second-order valence-corrected chi connectivity index (χ2v) is 8.25. The van der Waals surface area contributed by atoms with Crippen LogP contribution in [0.1, 0.15) is 17.2 Å². The van der Waals surface area contributed by atoms with Gasteiger partial charge in [-0.2, -0.15) is 0 Å². The minimum atomic E-state index is -1.04. The van der Waals surface area contributed by atoms with Crippen LogP contribution >= 0.6 is 23.2 Å². The normalized spacial score (nSPS) is 17.2. The number of amides is 1. The minimum absolute atomic E-state index is 0.0663. The monoisotopic (exact) mass is 499 g/mol. The van der Waals surface area contributed by atoms with E-state index in [9.17, 15) is 19.8 Å². The number of rotatable bonds is 5. The van der Waals surface area contributed by atoms with Gasteiger partial charge in [-0.25, -0.2) is 0 Å². The van der Waals surface area contributed by atoms with Crippen molar-refractivity contribution in [3.05, 3.63) is 87.4 Å². The zero-order valence-electron chi connectivity index (χ0n) is 18.1. The number of carbonyl (C=O) groups is 2. The highest BCUT2D eigenvalue weighted by atomic mass is 35.5. The molecule has 4 rings (SSSR count). The standard InChI is InChI=1S/C25H19Cl2NO6/c1-33-19-8-6-14(11-17(19)26)23(30)21-22(13-4-3-5-16(29)10-13)28(25(32)24(21)31)15-7-9-20(34-2)18(27)12-15/h3-12,22,29-30H,1-2H3/b23-21+. The van der Waals surface area contributed by atoms with E-state index in [0.717, 1.165) is 0 Å². The molecule has 174 valence electrons.